The summed E-state index contributed by atoms with van der Waals surface area (Å²) in [6.07, 6.45) is 0. The molecule has 2 aromatic carbocycles. The molecule has 0 saturated carbocycles. The molecule has 2 N–H and O–H groups in total. The fraction of sp³-hybridized carbons (Fsp3) is 0.222. The van der Waals surface area contributed by atoms with E-state index in [2.05, 4.69) is 25.7 Å². The van der Waals surface area contributed by atoms with Gasteiger partial charge in [-0.1, -0.05) is 18.2 Å². The highest BCUT2D eigenvalue weighted by Gasteiger charge is 2.23. The molecule has 0 amide bonds. The second-order valence-corrected chi connectivity index (χ2v) is 10.6. The molecule has 0 aliphatic carbocycles. The van der Waals surface area contributed by atoms with Crippen molar-refractivity contribution in [2.75, 3.05) is 26.4 Å². The van der Waals surface area contributed by atoms with Crippen molar-refractivity contribution in [1.29, 1.82) is 5.41 Å². The van der Waals surface area contributed by atoms with Crippen molar-refractivity contribution in [1.82, 2.24) is 4.90 Å². The van der Waals surface area contributed by atoms with Crippen molar-refractivity contribution >= 4 is 44.6 Å². The molecule has 2 aliphatic heterocycles. The molecule has 0 radical (unpaired) electrons. The summed E-state index contributed by atoms with van der Waals surface area (Å²) in [4.78, 5) is 6.98. The van der Waals surface area contributed by atoms with Crippen molar-refractivity contribution in [2.45, 2.75) is 14.7 Å². The highest BCUT2D eigenvalue weighted by atomic mass is 32.2. The van der Waals surface area contributed by atoms with E-state index in [1.165, 1.54) is 17.8 Å². The molecule has 0 unspecified atom stereocenters. The number of amidine groups is 1. The lowest BCUT2D eigenvalue weighted by Crippen LogP contribution is -2.24. The van der Waals surface area contributed by atoms with Crippen molar-refractivity contribution in [2.24, 2.45) is 25.7 Å². The van der Waals surface area contributed by atoms with Crippen LogP contribution in [0.2, 0.25) is 0 Å². The molecule has 0 saturated heterocycles. The van der Waals surface area contributed by atoms with E-state index in [1.807, 2.05) is 18.2 Å². The highest BCUT2D eigenvalue weighted by Crippen LogP contribution is 2.25. The molecule has 0 atom stereocenters. The van der Waals surface area contributed by atoms with E-state index >= 15 is 0 Å². The van der Waals surface area contributed by atoms with Crippen LogP contribution >= 0.6 is 23.8 Å². The fourth-order valence-electron chi connectivity index (χ4n) is 3.17. The molecule has 10 nitrogen and oxygen atoms in total. The number of para-hydroxylation sites is 1. The van der Waals surface area contributed by atoms with E-state index in [4.69, 9.17) is 5.41 Å². The molecule has 4 rings (SSSR count). The molecular formula is C18H17N7O3S3. The fourth-order valence-corrected chi connectivity index (χ4v) is 6.34. The van der Waals surface area contributed by atoms with Gasteiger partial charge < -0.3 is 9.45 Å². The van der Waals surface area contributed by atoms with Gasteiger partial charge in [0.1, 0.15) is 0 Å². The lowest BCUT2D eigenvalue weighted by molar-refractivity contribution is 0.432. The van der Waals surface area contributed by atoms with Gasteiger partial charge in [0.25, 0.3) is 0 Å². The van der Waals surface area contributed by atoms with Crippen molar-refractivity contribution in [3.05, 3.63) is 51.3 Å². The molecule has 13 heteroatoms. The summed E-state index contributed by atoms with van der Waals surface area (Å²) in [7, 11) is -0.136. The molecule has 2 aromatic rings. The van der Waals surface area contributed by atoms with Crippen LogP contribution in [-0.4, -0.2) is 49.4 Å². The van der Waals surface area contributed by atoms with Crippen LogP contribution in [0.1, 0.15) is 0 Å². The molecule has 160 valence electrons. The summed E-state index contributed by atoms with van der Waals surface area (Å²) < 4.78 is 36.2. The number of nitrogens with zero attached hydrogens (tertiary/aromatic N) is 6. The van der Waals surface area contributed by atoms with Crippen molar-refractivity contribution < 1.29 is 13.0 Å². The van der Waals surface area contributed by atoms with Gasteiger partial charge in [-0.05, 0) is 53.7 Å². The summed E-state index contributed by atoms with van der Waals surface area (Å²) in [6.45, 7) is 0.329. The monoisotopic (exact) mass is 475 g/mol. The topological polar surface area (TPSA) is 143 Å². The number of sulfone groups is 1. The maximum absolute atomic E-state index is 13.0. The van der Waals surface area contributed by atoms with Crippen molar-refractivity contribution in [3.8, 4) is 0 Å². The Morgan fingerprint density at radius 3 is 2.55 bits per heavy atom. The zero-order valence-electron chi connectivity index (χ0n) is 16.5. The predicted octanol–water partition coefficient (Wildman–Crippen LogP) is 2.43. The first-order chi connectivity index (χ1) is 14.8. The van der Waals surface area contributed by atoms with Crippen molar-refractivity contribution in [3.63, 3.8) is 0 Å². The molecule has 2 aliphatic rings. The normalized spacial score (nSPS) is 16.3. The van der Waals surface area contributed by atoms with Crippen LogP contribution in [0.25, 0.3) is 5.82 Å². The third-order valence-corrected chi connectivity index (χ3v) is 7.91. The lowest BCUT2D eigenvalue weighted by Gasteiger charge is -2.12. The Bertz CT molecular complexity index is 1450. The number of fused-ring (bicyclic) bond motifs is 1. The number of thioether (sulfide) groups is 1. The van der Waals surface area contributed by atoms with Gasteiger partial charge in [-0.3, -0.25) is 5.41 Å². The van der Waals surface area contributed by atoms with Gasteiger partial charge in [-0.2, -0.15) is 0 Å². The van der Waals surface area contributed by atoms with E-state index in [1.54, 1.807) is 25.1 Å². The Morgan fingerprint density at radius 2 is 1.87 bits per heavy atom. The highest BCUT2D eigenvalue weighted by molar-refractivity contribution is 8.14. The number of hydrogen-bond donors (Lipinski definition) is 2. The Hall–Kier alpha value is -2.45. The summed E-state index contributed by atoms with van der Waals surface area (Å²) in [6, 6.07) is 8.62. The Morgan fingerprint density at radius 1 is 1.13 bits per heavy atom. The average molecular weight is 476 g/mol. The number of rotatable bonds is 5. The van der Waals surface area contributed by atoms with E-state index in [0.29, 0.717) is 39.6 Å². The second kappa shape index (κ2) is 8.59. The summed E-state index contributed by atoms with van der Waals surface area (Å²) in [5.74, 6) is -0.0243. The quantitative estimate of drug-likeness (QED) is 0.636. The average Bonchev–Trinajstić information content (AvgIpc) is 3.39. The van der Waals surface area contributed by atoms with Gasteiger partial charge >= 0.3 is 0 Å². The van der Waals surface area contributed by atoms with E-state index in [9.17, 15) is 13.0 Å². The third kappa shape index (κ3) is 4.19. The van der Waals surface area contributed by atoms with Crippen LogP contribution in [0.4, 0.5) is 0 Å². The Labute approximate surface area is 185 Å². The third-order valence-electron chi connectivity index (χ3n) is 4.61. The number of nitrogens with one attached hydrogen (secondary N) is 1. The Kier molecular flexibility index (Phi) is 6.03. The first-order valence-electron chi connectivity index (χ1n) is 8.98. The largest absolute Gasteiger partial charge is 0.325 e. The molecule has 0 fully saturated rings. The van der Waals surface area contributed by atoms with Crippen LogP contribution in [0, 0.1) is 15.8 Å². The van der Waals surface area contributed by atoms with Gasteiger partial charge in [-0.25, -0.2) is 13.4 Å². The molecule has 31 heavy (non-hydrogen) atoms. The summed E-state index contributed by atoms with van der Waals surface area (Å²) in [5.41, 5.74) is 0. The summed E-state index contributed by atoms with van der Waals surface area (Å²) >= 11 is 1.55. The molecule has 0 bridgehead atoms. The molecular weight excluding hydrogens is 458 g/mol. The van der Waals surface area contributed by atoms with Crippen LogP contribution in [-0.2, 0) is 9.84 Å². The molecule has 0 spiro atoms. The van der Waals surface area contributed by atoms with Crippen LogP contribution < -0.4 is 10.6 Å². The molecule has 2 heterocycles. The first kappa shape index (κ1) is 21.8. The predicted molar refractivity (Wildman–Crippen MR) is 117 cm³/mol. The summed E-state index contributed by atoms with van der Waals surface area (Å²) in [5, 5.41) is 25.0. The van der Waals surface area contributed by atoms with Gasteiger partial charge in [0.15, 0.2) is 15.0 Å². The first-order valence-corrected chi connectivity index (χ1v) is 12.2. The van der Waals surface area contributed by atoms with Crippen LogP contribution in [0.15, 0.2) is 70.7 Å². The number of benzene rings is 2. The molecule has 0 aromatic heterocycles. The van der Waals surface area contributed by atoms with Gasteiger partial charge in [0.2, 0.25) is 5.82 Å². The SMILES string of the molecule is CN(C)CCS(=O)(=O)c1ccc(=c2cccc3c2=NC(=N)S3)c(=C2N=NN=N2)c1SO. The second-order valence-electron chi connectivity index (χ2n) is 6.90. The van der Waals surface area contributed by atoms with E-state index in [-0.39, 0.29) is 26.5 Å². The Balaban J connectivity index is 2.17. The zero-order valence-corrected chi connectivity index (χ0v) is 18.9. The van der Waals surface area contributed by atoms with E-state index in [0.717, 1.165) is 4.90 Å². The minimum Gasteiger partial charge on any atom is -0.325 e. The van der Waals surface area contributed by atoms with Gasteiger partial charge in [-0.15, -0.1) is 10.2 Å². The lowest BCUT2D eigenvalue weighted by atomic mass is 10.1. The smallest absolute Gasteiger partial charge is 0.209 e. The van der Waals surface area contributed by atoms with Gasteiger partial charge in [0.05, 0.1) is 20.9 Å². The zero-order chi connectivity index (χ0) is 22.2. The maximum atomic E-state index is 13.0. The van der Waals surface area contributed by atoms with Crippen LogP contribution in [0.5, 0.6) is 0 Å². The standard InChI is InChI=1S/C18H17N7O3S3/c1-25(2)8-9-31(27,28)13-7-6-10(14(16(13)30-26)17-21-23-24-22-17)11-4-3-5-12-15(11)20-18(19)29-12/h3-7,19,26H,8-9H2,1-2H3. The number of hydrogen-bond acceptors (Lipinski definition) is 11. The maximum Gasteiger partial charge on any atom is 0.209 e. The minimum atomic E-state index is -3.71. The van der Waals surface area contributed by atoms with Crippen LogP contribution in [0.3, 0.4) is 0 Å². The van der Waals surface area contributed by atoms with Gasteiger partial charge in [0, 0.05) is 33.9 Å². The minimum absolute atomic E-state index is 0.0166. The van der Waals surface area contributed by atoms with E-state index < -0.39 is 9.84 Å².